The van der Waals surface area contributed by atoms with Crippen molar-refractivity contribution in [3.05, 3.63) is 53.3 Å². The molecule has 4 amide bonds. The number of amides is 4. The Morgan fingerprint density at radius 1 is 0.561 bits per heavy atom. The molecule has 0 bridgehead atoms. The zero-order valence-corrected chi connectivity index (χ0v) is 29.0. The highest BCUT2D eigenvalue weighted by Gasteiger charge is 2.12. The van der Waals surface area contributed by atoms with Crippen molar-refractivity contribution in [3.8, 4) is 11.5 Å². The van der Waals surface area contributed by atoms with Crippen LogP contribution >= 0.6 is 63.7 Å². The molecule has 2 aromatic rings. The lowest BCUT2D eigenvalue weighted by molar-refractivity contribution is -0.130. The lowest BCUT2D eigenvalue weighted by Crippen LogP contribution is -2.43. The van der Waals surface area contributed by atoms with E-state index >= 15 is 0 Å². The predicted octanol–water partition coefficient (Wildman–Crippen LogP) is 5.84. The number of rotatable bonds is 14. The third-order valence-corrected chi connectivity index (χ3v) is 7.67. The maximum absolute atomic E-state index is 12.0. The molecule has 0 saturated carbocycles. The van der Waals surface area contributed by atoms with Gasteiger partial charge < -0.3 is 9.47 Å². The normalized spacial score (nSPS) is 10.5. The molecule has 0 fully saturated rings. The molecule has 0 radical (unpaired) electrons. The van der Waals surface area contributed by atoms with E-state index in [1.807, 2.05) is 38.1 Å². The number of hydrogen-bond donors (Lipinski definition) is 4. The van der Waals surface area contributed by atoms with Crippen LogP contribution in [0.4, 0.5) is 0 Å². The molecule has 14 heteroatoms. The number of aryl methyl sites for hydroxylation is 2. The molecule has 2 rings (SSSR count). The topological polar surface area (TPSA) is 135 Å². The van der Waals surface area contributed by atoms with Crippen molar-refractivity contribution >= 4 is 87.3 Å². The van der Waals surface area contributed by atoms with Gasteiger partial charge >= 0.3 is 0 Å². The molecule has 0 atom stereocenters. The van der Waals surface area contributed by atoms with Crippen LogP contribution in [-0.2, 0) is 19.2 Å². The van der Waals surface area contributed by atoms with Crippen LogP contribution in [0.1, 0.15) is 56.1 Å². The van der Waals surface area contributed by atoms with Gasteiger partial charge in [0, 0.05) is 21.8 Å². The Bertz CT molecular complexity index is 1100. The first-order valence-electron chi connectivity index (χ1n) is 12.8. The fourth-order valence-electron chi connectivity index (χ4n) is 3.60. The Hall–Kier alpha value is -2.16. The number of benzene rings is 2. The number of carbonyl (C=O) groups excluding carboxylic acids is 4. The molecule has 4 N–H and O–H groups in total. The first kappa shape index (κ1) is 35.0. The number of ether oxygens (including phenoxy) is 2. The molecule has 2 aromatic carbocycles. The van der Waals surface area contributed by atoms with Crippen molar-refractivity contribution in [1.82, 2.24) is 21.7 Å². The summed E-state index contributed by atoms with van der Waals surface area (Å²) < 4.78 is 14.3. The minimum Gasteiger partial charge on any atom is -0.482 e. The second-order valence-electron chi connectivity index (χ2n) is 9.11. The Balaban J connectivity index is 1.48. The van der Waals surface area contributed by atoms with Crippen LogP contribution in [0.15, 0.2) is 42.2 Å². The van der Waals surface area contributed by atoms with Crippen molar-refractivity contribution < 1.29 is 28.7 Å². The molecule has 0 aliphatic heterocycles. The summed E-state index contributed by atoms with van der Waals surface area (Å²) in [6.45, 7) is 3.25. The highest BCUT2D eigenvalue weighted by Crippen LogP contribution is 2.33. The van der Waals surface area contributed by atoms with E-state index in [0.717, 1.165) is 48.3 Å². The molecule has 10 nitrogen and oxygen atoms in total. The van der Waals surface area contributed by atoms with Crippen molar-refractivity contribution in [3.63, 3.8) is 0 Å². The summed E-state index contributed by atoms with van der Waals surface area (Å²) in [5, 5.41) is 0. The molecule has 0 spiro atoms. The average Bonchev–Trinajstić information content (AvgIpc) is 2.88. The molecule has 0 unspecified atom stereocenters. The van der Waals surface area contributed by atoms with Gasteiger partial charge in [0.15, 0.2) is 13.2 Å². The molecular weight excluding hydrogens is 796 g/mol. The smallest absolute Gasteiger partial charge is 0.276 e. The van der Waals surface area contributed by atoms with Gasteiger partial charge in [-0.3, -0.25) is 40.9 Å². The summed E-state index contributed by atoms with van der Waals surface area (Å²) in [5.74, 6) is -0.405. The number of hydrogen-bond acceptors (Lipinski definition) is 6. The number of nitrogens with one attached hydrogen (secondary N) is 4. The van der Waals surface area contributed by atoms with E-state index in [9.17, 15) is 19.2 Å². The van der Waals surface area contributed by atoms with E-state index in [0.29, 0.717) is 24.3 Å². The van der Waals surface area contributed by atoms with Gasteiger partial charge in [-0.25, -0.2) is 0 Å². The first-order valence-corrected chi connectivity index (χ1v) is 16.0. The quantitative estimate of drug-likeness (QED) is 0.140. The Morgan fingerprint density at radius 3 is 1.27 bits per heavy atom. The third-order valence-electron chi connectivity index (χ3n) is 5.57. The van der Waals surface area contributed by atoms with Crippen molar-refractivity contribution in [2.45, 2.75) is 58.8 Å². The van der Waals surface area contributed by atoms with Crippen LogP contribution in [-0.4, -0.2) is 36.8 Å². The van der Waals surface area contributed by atoms with Gasteiger partial charge in [0.05, 0.1) is 8.95 Å². The average molecular weight is 828 g/mol. The molecule has 224 valence electrons. The third kappa shape index (κ3) is 13.6. The first-order chi connectivity index (χ1) is 19.5. The zero-order chi connectivity index (χ0) is 30.4. The summed E-state index contributed by atoms with van der Waals surface area (Å²) in [5.41, 5.74) is 11.2. The van der Waals surface area contributed by atoms with E-state index in [2.05, 4.69) is 85.4 Å². The van der Waals surface area contributed by atoms with Crippen molar-refractivity contribution in [2.24, 2.45) is 0 Å². The monoisotopic (exact) mass is 824 g/mol. The highest BCUT2D eigenvalue weighted by molar-refractivity contribution is 9.11. The summed E-state index contributed by atoms with van der Waals surface area (Å²) in [4.78, 5) is 47.9. The predicted molar refractivity (Wildman–Crippen MR) is 169 cm³/mol. The lowest BCUT2D eigenvalue weighted by Gasteiger charge is -2.12. The second-order valence-corrected chi connectivity index (χ2v) is 12.6. The van der Waals surface area contributed by atoms with Gasteiger partial charge in [-0.05, 0) is 93.9 Å². The number of halogens is 4. The van der Waals surface area contributed by atoms with Crippen LogP contribution in [0.5, 0.6) is 11.5 Å². The molecule has 0 heterocycles. The maximum atomic E-state index is 12.0. The summed E-state index contributed by atoms with van der Waals surface area (Å²) in [7, 11) is 0. The highest BCUT2D eigenvalue weighted by atomic mass is 79.9. The van der Waals surface area contributed by atoms with Crippen LogP contribution in [0, 0.1) is 13.8 Å². The largest absolute Gasteiger partial charge is 0.482 e. The number of carbonyl (C=O) groups is 4. The fraction of sp³-hybridized carbons (Fsp3) is 0.407. The van der Waals surface area contributed by atoms with Crippen LogP contribution in [0.2, 0.25) is 0 Å². The minimum absolute atomic E-state index is 0.240. The van der Waals surface area contributed by atoms with E-state index < -0.39 is 11.8 Å². The Kier molecular flexibility index (Phi) is 15.7. The zero-order valence-electron chi connectivity index (χ0n) is 22.6. The van der Waals surface area contributed by atoms with Gasteiger partial charge in [0.2, 0.25) is 11.8 Å². The molecule has 0 aliphatic rings. The fourth-order valence-corrected chi connectivity index (χ4v) is 6.70. The molecule has 0 aromatic heterocycles. The van der Waals surface area contributed by atoms with Crippen LogP contribution in [0.3, 0.4) is 0 Å². The van der Waals surface area contributed by atoms with E-state index in [1.54, 1.807) is 0 Å². The van der Waals surface area contributed by atoms with Gasteiger partial charge in [0.1, 0.15) is 11.5 Å². The van der Waals surface area contributed by atoms with Gasteiger partial charge in [-0.15, -0.1) is 0 Å². The van der Waals surface area contributed by atoms with E-state index in [4.69, 9.17) is 9.47 Å². The lowest BCUT2D eigenvalue weighted by atomic mass is 10.1. The van der Waals surface area contributed by atoms with Gasteiger partial charge in [-0.2, -0.15) is 0 Å². The van der Waals surface area contributed by atoms with Gasteiger partial charge in [-0.1, -0.05) is 51.1 Å². The standard InChI is InChI=1S/C27H32Br4N4O6/c1-16-10-18(28)12-20(30)26(16)40-14-24(38)34-32-22(36)8-6-4-3-5-7-9-23(37)33-35-25(39)15-41-27-17(2)11-19(29)13-21(27)31/h10-13H,3-9,14-15H2,1-2H3,(H,32,36)(H,33,37)(H,34,38)(H,35,39). The van der Waals surface area contributed by atoms with Crippen LogP contribution < -0.4 is 31.2 Å². The molecule has 41 heavy (non-hydrogen) atoms. The number of unbranched alkanes of at least 4 members (excludes halogenated alkanes) is 4. The Labute approximate surface area is 272 Å². The van der Waals surface area contributed by atoms with Crippen molar-refractivity contribution in [2.75, 3.05) is 13.2 Å². The van der Waals surface area contributed by atoms with E-state index in [1.165, 1.54) is 0 Å². The van der Waals surface area contributed by atoms with Crippen LogP contribution in [0.25, 0.3) is 0 Å². The molecule has 0 aliphatic carbocycles. The molecule has 0 saturated heterocycles. The van der Waals surface area contributed by atoms with E-state index in [-0.39, 0.29) is 37.9 Å². The molecular formula is C27H32Br4N4O6. The second kappa shape index (κ2) is 18.4. The maximum Gasteiger partial charge on any atom is 0.276 e. The van der Waals surface area contributed by atoms with Gasteiger partial charge in [0.25, 0.3) is 11.8 Å². The summed E-state index contributed by atoms with van der Waals surface area (Å²) in [6, 6.07) is 7.39. The minimum atomic E-state index is -0.470. The number of hydrazine groups is 2. The Morgan fingerprint density at radius 2 is 0.902 bits per heavy atom. The SMILES string of the molecule is Cc1cc(Br)cc(Br)c1OCC(=O)NNC(=O)CCCCCCCC(=O)NNC(=O)COc1c(C)cc(Br)cc1Br. The van der Waals surface area contributed by atoms with Crippen molar-refractivity contribution in [1.29, 1.82) is 0 Å². The summed E-state index contributed by atoms with van der Waals surface area (Å²) in [6.07, 6.45) is 4.31. The summed E-state index contributed by atoms with van der Waals surface area (Å²) >= 11 is 13.6.